The third-order valence-corrected chi connectivity index (χ3v) is 3.18. The summed E-state index contributed by atoms with van der Waals surface area (Å²) in [6.45, 7) is 1.76. The van der Waals surface area contributed by atoms with Crippen LogP contribution >= 0.6 is 0 Å². The normalized spacial score (nSPS) is 12.0. The van der Waals surface area contributed by atoms with E-state index in [0.717, 1.165) is 11.6 Å². The molecule has 0 aliphatic carbocycles. The van der Waals surface area contributed by atoms with E-state index in [1.807, 2.05) is 30.3 Å². The number of ketones is 1. The smallest absolute Gasteiger partial charge is 0.163 e. The number of rotatable bonds is 8. The van der Waals surface area contributed by atoms with Crippen molar-refractivity contribution in [2.24, 2.45) is 0 Å². The molecule has 5 heteroatoms. The molecule has 0 heterocycles. The van der Waals surface area contributed by atoms with Crippen LogP contribution < -0.4 is 4.74 Å². The molecular weight excluding hydrogens is 299 g/mol. The number of ether oxygens (including phenoxy) is 2. The van der Waals surface area contributed by atoms with Gasteiger partial charge in [0, 0.05) is 6.07 Å². The van der Waals surface area contributed by atoms with E-state index < -0.39 is 11.9 Å². The lowest BCUT2D eigenvalue weighted by molar-refractivity contribution is 0.00530. The van der Waals surface area contributed by atoms with Gasteiger partial charge in [0.05, 0.1) is 18.8 Å². The largest absolute Gasteiger partial charge is 0.490 e. The molecule has 0 aromatic heterocycles. The van der Waals surface area contributed by atoms with Crippen molar-refractivity contribution in [2.75, 3.05) is 13.2 Å². The zero-order chi connectivity index (χ0) is 16.7. The van der Waals surface area contributed by atoms with E-state index in [1.54, 1.807) is 0 Å². The Hall–Kier alpha value is -2.24. The van der Waals surface area contributed by atoms with Crippen LogP contribution in [0.4, 0.5) is 4.39 Å². The van der Waals surface area contributed by atoms with Crippen molar-refractivity contribution in [1.29, 1.82) is 0 Å². The predicted molar refractivity (Wildman–Crippen MR) is 84.0 cm³/mol. The second-order valence-corrected chi connectivity index (χ2v) is 5.16. The maximum absolute atomic E-state index is 13.2. The Morgan fingerprint density at radius 3 is 2.61 bits per heavy atom. The molecule has 2 rings (SSSR count). The maximum atomic E-state index is 13.2. The van der Waals surface area contributed by atoms with E-state index in [0.29, 0.717) is 6.61 Å². The number of carbonyl (C=O) groups is 1. The van der Waals surface area contributed by atoms with Gasteiger partial charge in [0.1, 0.15) is 24.3 Å². The van der Waals surface area contributed by atoms with E-state index >= 15 is 0 Å². The first kappa shape index (κ1) is 17.1. The molecule has 0 saturated heterocycles. The number of aliphatic hydroxyl groups excluding tert-OH is 1. The Bertz CT molecular complexity index is 643. The van der Waals surface area contributed by atoms with Crippen molar-refractivity contribution in [1.82, 2.24) is 0 Å². The third-order valence-electron chi connectivity index (χ3n) is 3.18. The van der Waals surface area contributed by atoms with E-state index in [9.17, 15) is 14.3 Å². The molecule has 122 valence electrons. The van der Waals surface area contributed by atoms with Crippen LogP contribution in [0.15, 0.2) is 48.5 Å². The average Bonchev–Trinajstić information content (AvgIpc) is 2.53. The Balaban J connectivity index is 1.81. The molecule has 1 unspecified atom stereocenters. The predicted octanol–water partition coefficient (Wildman–Crippen LogP) is 2.98. The van der Waals surface area contributed by atoms with Crippen LogP contribution in [0.25, 0.3) is 0 Å². The molecule has 0 spiro atoms. The first-order valence-corrected chi connectivity index (χ1v) is 7.29. The Kier molecular flexibility index (Phi) is 6.26. The quantitative estimate of drug-likeness (QED) is 0.760. The fourth-order valence-electron chi connectivity index (χ4n) is 2.03. The monoisotopic (exact) mass is 318 g/mol. The lowest BCUT2D eigenvalue weighted by atomic mass is 10.1. The first-order chi connectivity index (χ1) is 11.1. The molecule has 1 N–H and O–H groups in total. The molecule has 0 amide bonds. The molecule has 1 atom stereocenters. The van der Waals surface area contributed by atoms with E-state index in [-0.39, 0.29) is 30.3 Å². The molecular formula is C18H19FO4. The highest BCUT2D eigenvalue weighted by atomic mass is 19.1. The van der Waals surface area contributed by atoms with Gasteiger partial charge in [-0.3, -0.25) is 4.79 Å². The summed E-state index contributed by atoms with van der Waals surface area (Å²) < 4.78 is 24.0. The minimum Gasteiger partial charge on any atom is -0.490 e. The zero-order valence-electron chi connectivity index (χ0n) is 12.9. The topological polar surface area (TPSA) is 55.8 Å². The van der Waals surface area contributed by atoms with Gasteiger partial charge in [-0.25, -0.2) is 4.39 Å². The Labute approximate surface area is 134 Å². The molecule has 23 heavy (non-hydrogen) atoms. The number of hydrogen-bond acceptors (Lipinski definition) is 4. The molecule has 0 aliphatic rings. The van der Waals surface area contributed by atoms with Gasteiger partial charge in [-0.05, 0) is 24.6 Å². The summed E-state index contributed by atoms with van der Waals surface area (Å²) in [5, 5.41) is 9.86. The van der Waals surface area contributed by atoms with Crippen LogP contribution in [0, 0.1) is 5.82 Å². The van der Waals surface area contributed by atoms with Crippen molar-refractivity contribution >= 4 is 5.78 Å². The lowest BCUT2D eigenvalue weighted by Gasteiger charge is -2.14. The zero-order valence-corrected chi connectivity index (χ0v) is 12.9. The number of benzene rings is 2. The van der Waals surface area contributed by atoms with Gasteiger partial charge in [0.15, 0.2) is 5.78 Å². The third kappa shape index (κ3) is 5.47. The molecule has 0 saturated carbocycles. The van der Waals surface area contributed by atoms with Gasteiger partial charge in [-0.2, -0.15) is 0 Å². The second kappa shape index (κ2) is 8.41. The molecule has 0 radical (unpaired) electrons. The summed E-state index contributed by atoms with van der Waals surface area (Å²) in [7, 11) is 0. The van der Waals surface area contributed by atoms with Crippen molar-refractivity contribution in [2.45, 2.75) is 19.6 Å². The summed E-state index contributed by atoms with van der Waals surface area (Å²) in [6, 6.07) is 13.3. The van der Waals surface area contributed by atoms with E-state index in [1.165, 1.54) is 19.1 Å². The summed E-state index contributed by atoms with van der Waals surface area (Å²) in [5.41, 5.74) is 1.29. The van der Waals surface area contributed by atoms with E-state index in [4.69, 9.17) is 9.47 Å². The van der Waals surface area contributed by atoms with Crippen LogP contribution in [0.5, 0.6) is 5.75 Å². The SMILES string of the molecule is CC(=O)c1ccc(F)cc1OCC(O)COCc1ccccc1. The van der Waals surface area contributed by atoms with Gasteiger partial charge in [0.2, 0.25) is 0 Å². The number of halogens is 1. The second-order valence-electron chi connectivity index (χ2n) is 5.16. The molecule has 2 aromatic carbocycles. The number of carbonyl (C=O) groups excluding carboxylic acids is 1. The van der Waals surface area contributed by atoms with Gasteiger partial charge in [-0.15, -0.1) is 0 Å². The Morgan fingerprint density at radius 2 is 1.91 bits per heavy atom. The maximum Gasteiger partial charge on any atom is 0.163 e. The highest BCUT2D eigenvalue weighted by Crippen LogP contribution is 2.20. The molecule has 2 aromatic rings. The first-order valence-electron chi connectivity index (χ1n) is 7.29. The van der Waals surface area contributed by atoms with Crippen molar-refractivity contribution in [3.05, 3.63) is 65.5 Å². The Morgan fingerprint density at radius 1 is 1.17 bits per heavy atom. The van der Waals surface area contributed by atoms with Crippen LogP contribution in [-0.2, 0) is 11.3 Å². The van der Waals surface area contributed by atoms with Crippen molar-refractivity contribution < 1.29 is 23.8 Å². The van der Waals surface area contributed by atoms with E-state index in [2.05, 4.69) is 0 Å². The van der Waals surface area contributed by atoms with Crippen LogP contribution in [0.2, 0.25) is 0 Å². The molecule has 0 aliphatic heterocycles. The highest BCUT2D eigenvalue weighted by molar-refractivity contribution is 5.96. The fraction of sp³-hybridized carbons (Fsp3) is 0.278. The number of aliphatic hydroxyl groups is 1. The van der Waals surface area contributed by atoms with Crippen LogP contribution in [0.3, 0.4) is 0 Å². The summed E-state index contributed by atoms with van der Waals surface area (Å²) in [4.78, 5) is 11.5. The molecule has 0 fully saturated rings. The molecule has 0 bridgehead atoms. The summed E-state index contributed by atoms with van der Waals surface area (Å²) in [5.74, 6) is -0.603. The lowest BCUT2D eigenvalue weighted by Crippen LogP contribution is -2.24. The van der Waals surface area contributed by atoms with Gasteiger partial charge >= 0.3 is 0 Å². The average molecular weight is 318 g/mol. The summed E-state index contributed by atoms with van der Waals surface area (Å²) in [6.07, 6.45) is -0.873. The van der Waals surface area contributed by atoms with Gasteiger partial charge < -0.3 is 14.6 Å². The van der Waals surface area contributed by atoms with Crippen molar-refractivity contribution in [3.63, 3.8) is 0 Å². The minimum atomic E-state index is -0.873. The minimum absolute atomic E-state index is 0.0830. The number of Topliss-reactive ketones (excluding diaryl/α,β-unsaturated/α-hetero) is 1. The standard InChI is InChI=1S/C18H19FO4/c1-13(20)17-8-7-15(19)9-18(17)23-12-16(21)11-22-10-14-5-3-2-4-6-14/h2-9,16,21H,10-12H2,1H3. The molecule has 4 nitrogen and oxygen atoms in total. The highest BCUT2D eigenvalue weighted by Gasteiger charge is 2.12. The van der Waals surface area contributed by atoms with Gasteiger partial charge in [0.25, 0.3) is 0 Å². The van der Waals surface area contributed by atoms with Crippen LogP contribution in [-0.4, -0.2) is 30.2 Å². The number of hydrogen-bond donors (Lipinski definition) is 1. The van der Waals surface area contributed by atoms with Crippen molar-refractivity contribution in [3.8, 4) is 5.75 Å². The van der Waals surface area contributed by atoms with Crippen LogP contribution in [0.1, 0.15) is 22.8 Å². The fourth-order valence-corrected chi connectivity index (χ4v) is 2.03. The summed E-state index contributed by atoms with van der Waals surface area (Å²) >= 11 is 0. The van der Waals surface area contributed by atoms with Gasteiger partial charge in [-0.1, -0.05) is 30.3 Å².